The van der Waals surface area contributed by atoms with Gasteiger partial charge in [0, 0.05) is 43.3 Å². The van der Waals surface area contributed by atoms with Crippen LogP contribution in [0.2, 0.25) is 0 Å². The van der Waals surface area contributed by atoms with Crippen LogP contribution in [-0.4, -0.2) is 52.0 Å². The van der Waals surface area contributed by atoms with Gasteiger partial charge in [0.2, 0.25) is 5.91 Å². The van der Waals surface area contributed by atoms with Crippen molar-refractivity contribution in [2.75, 3.05) is 26.2 Å². The van der Waals surface area contributed by atoms with Crippen molar-refractivity contribution in [2.45, 2.75) is 45.1 Å². The summed E-state index contributed by atoms with van der Waals surface area (Å²) in [5.41, 5.74) is 4.76. The number of rotatable bonds is 4. The summed E-state index contributed by atoms with van der Waals surface area (Å²) in [6, 6.07) is 7.95. The fourth-order valence-electron chi connectivity index (χ4n) is 4.52. The molecule has 1 N–H and O–H groups in total. The third-order valence-electron chi connectivity index (χ3n) is 6.09. The molecule has 1 amide bonds. The lowest BCUT2D eigenvalue weighted by molar-refractivity contribution is -0.133. The quantitative estimate of drug-likeness (QED) is 0.751. The average Bonchev–Trinajstić information content (AvgIpc) is 2.88. The number of unbranched alkanes of at least 4 members (excludes halogenated alkanes) is 1. The summed E-state index contributed by atoms with van der Waals surface area (Å²) < 4.78 is 0.996. The number of aromatic nitrogens is 1. The molecular weight excluding hydrogens is 430 g/mol. The summed E-state index contributed by atoms with van der Waals surface area (Å²) in [4.78, 5) is 21.7. The largest absolute Gasteiger partial charge is 0.508 e. The van der Waals surface area contributed by atoms with Gasteiger partial charge < -0.3 is 10.0 Å². The molecule has 1 aromatic carbocycles. The van der Waals surface area contributed by atoms with E-state index in [0.717, 1.165) is 62.0 Å². The number of fused-ring (bicyclic) bond motifs is 2. The molecule has 1 aromatic heterocycles. The number of benzene rings is 1. The zero-order valence-electron chi connectivity index (χ0n) is 16.9. The second kappa shape index (κ2) is 8.84. The van der Waals surface area contributed by atoms with Crippen LogP contribution in [0.3, 0.4) is 0 Å². The van der Waals surface area contributed by atoms with Crippen LogP contribution < -0.4 is 0 Å². The number of halogens is 1. The molecule has 1 unspecified atom stereocenters. The number of pyridine rings is 1. The van der Waals surface area contributed by atoms with Crippen LogP contribution in [0.15, 0.2) is 34.9 Å². The Morgan fingerprint density at radius 3 is 2.69 bits per heavy atom. The van der Waals surface area contributed by atoms with Gasteiger partial charge in [0.25, 0.3) is 0 Å². The Labute approximate surface area is 180 Å². The summed E-state index contributed by atoms with van der Waals surface area (Å²) in [7, 11) is 0. The summed E-state index contributed by atoms with van der Waals surface area (Å²) in [6.45, 7) is 5.31. The number of piperazine rings is 1. The maximum atomic E-state index is 12.4. The van der Waals surface area contributed by atoms with Crippen molar-refractivity contribution < 1.29 is 9.90 Å². The van der Waals surface area contributed by atoms with Crippen molar-refractivity contribution in [3.05, 3.63) is 57.3 Å². The predicted molar refractivity (Wildman–Crippen MR) is 117 cm³/mol. The highest BCUT2D eigenvalue weighted by Gasteiger charge is 2.33. The van der Waals surface area contributed by atoms with Crippen LogP contribution in [0, 0.1) is 0 Å². The van der Waals surface area contributed by atoms with Gasteiger partial charge in [0.05, 0.1) is 11.7 Å². The van der Waals surface area contributed by atoms with Crippen molar-refractivity contribution in [3.8, 4) is 5.75 Å². The molecule has 0 spiro atoms. The molecule has 0 saturated carbocycles. The third kappa shape index (κ3) is 4.33. The smallest absolute Gasteiger partial charge is 0.222 e. The molecule has 1 aliphatic heterocycles. The topological polar surface area (TPSA) is 56.7 Å². The zero-order chi connectivity index (χ0) is 20.4. The van der Waals surface area contributed by atoms with E-state index in [9.17, 15) is 9.90 Å². The van der Waals surface area contributed by atoms with Crippen molar-refractivity contribution in [1.82, 2.24) is 14.8 Å². The van der Waals surface area contributed by atoms with Gasteiger partial charge in [-0.2, -0.15) is 0 Å². The van der Waals surface area contributed by atoms with Gasteiger partial charge in [-0.1, -0.05) is 19.4 Å². The molecule has 0 bridgehead atoms. The molecule has 6 heteroatoms. The summed E-state index contributed by atoms with van der Waals surface area (Å²) in [5, 5.41) is 10.0. The number of carbonyl (C=O) groups excluding carboxylic acids is 1. The minimum absolute atomic E-state index is 0.0593. The second-order valence-corrected chi connectivity index (χ2v) is 8.92. The van der Waals surface area contributed by atoms with Crippen LogP contribution in [-0.2, 0) is 17.6 Å². The van der Waals surface area contributed by atoms with E-state index in [4.69, 9.17) is 4.98 Å². The maximum absolute atomic E-state index is 12.4. The van der Waals surface area contributed by atoms with Crippen LogP contribution in [0.25, 0.3) is 0 Å². The molecule has 29 heavy (non-hydrogen) atoms. The molecule has 154 valence electrons. The first-order valence-electron chi connectivity index (χ1n) is 10.5. The molecule has 4 rings (SSSR count). The lowest BCUT2D eigenvalue weighted by Crippen LogP contribution is -2.50. The highest BCUT2D eigenvalue weighted by Crippen LogP contribution is 2.38. The van der Waals surface area contributed by atoms with E-state index in [2.05, 4.69) is 33.8 Å². The van der Waals surface area contributed by atoms with E-state index in [0.29, 0.717) is 12.2 Å². The molecule has 1 aliphatic carbocycles. The normalized spacial score (nSPS) is 19.4. The molecule has 2 heterocycles. The van der Waals surface area contributed by atoms with Gasteiger partial charge in [0.1, 0.15) is 5.75 Å². The second-order valence-electron chi connectivity index (χ2n) is 8.00. The Balaban J connectivity index is 1.62. The molecule has 2 aliphatic rings. The standard InChI is InChI=1S/C23H28BrN3O2/c1-2-3-4-21(29)26-9-11-27(12-10-26)23-20-8-7-19(28)14-16(20)5-6-17-13-18(24)15-25-22(17)23/h7-8,13-15,23,28H,2-6,9-12H2,1H3. The minimum Gasteiger partial charge on any atom is -0.508 e. The average molecular weight is 458 g/mol. The minimum atomic E-state index is 0.0593. The highest BCUT2D eigenvalue weighted by molar-refractivity contribution is 9.10. The summed E-state index contributed by atoms with van der Waals surface area (Å²) in [6.07, 6.45) is 6.34. The van der Waals surface area contributed by atoms with Gasteiger partial charge in [-0.05, 0) is 70.1 Å². The van der Waals surface area contributed by atoms with Crippen LogP contribution in [0.1, 0.15) is 54.6 Å². The number of hydrogen-bond donors (Lipinski definition) is 1. The monoisotopic (exact) mass is 457 g/mol. The Bertz CT molecular complexity index is 840. The first kappa shape index (κ1) is 20.4. The Kier molecular flexibility index (Phi) is 6.20. The van der Waals surface area contributed by atoms with E-state index >= 15 is 0 Å². The van der Waals surface area contributed by atoms with Crippen LogP contribution in [0.4, 0.5) is 0 Å². The number of carbonyl (C=O) groups is 1. The van der Waals surface area contributed by atoms with Gasteiger partial charge >= 0.3 is 0 Å². The molecule has 1 saturated heterocycles. The van der Waals surface area contributed by atoms with Crippen molar-refractivity contribution in [3.63, 3.8) is 0 Å². The van der Waals surface area contributed by atoms with Crippen LogP contribution >= 0.6 is 15.9 Å². The van der Waals surface area contributed by atoms with E-state index in [1.165, 1.54) is 16.7 Å². The number of amides is 1. The fraction of sp³-hybridized carbons (Fsp3) is 0.478. The van der Waals surface area contributed by atoms with E-state index in [-0.39, 0.29) is 11.9 Å². The lowest BCUT2D eigenvalue weighted by atomic mass is 9.96. The Morgan fingerprint density at radius 2 is 1.93 bits per heavy atom. The summed E-state index contributed by atoms with van der Waals surface area (Å²) in [5.74, 6) is 0.592. The van der Waals surface area contributed by atoms with Gasteiger partial charge in [-0.15, -0.1) is 0 Å². The molecular formula is C23H28BrN3O2. The fourth-order valence-corrected chi connectivity index (χ4v) is 4.89. The Morgan fingerprint density at radius 1 is 1.17 bits per heavy atom. The number of hydrogen-bond acceptors (Lipinski definition) is 4. The first-order chi connectivity index (χ1) is 14.1. The molecule has 1 fully saturated rings. The highest BCUT2D eigenvalue weighted by atomic mass is 79.9. The number of phenols is 1. The Hall–Kier alpha value is -1.92. The number of aromatic hydroxyl groups is 1. The lowest BCUT2D eigenvalue weighted by Gasteiger charge is -2.40. The van der Waals surface area contributed by atoms with E-state index in [1.807, 2.05) is 23.2 Å². The van der Waals surface area contributed by atoms with E-state index < -0.39 is 0 Å². The predicted octanol–water partition coefficient (Wildman–Crippen LogP) is 4.07. The molecule has 0 radical (unpaired) electrons. The molecule has 1 atom stereocenters. The number of nitrogens with zero attached hydrogens (tertiary/aromatic N) is 3. The maximum Gasteiger partial charge on any atom is 0.222 e. The van der Waals surface area contributed by atoms with Crippen LogP contribution in [0.5, 0.6) is 5.75 Å². The van der Waals surface area contributed by atoms with E-state index in [1.54, 1.807) is 6.07 Å². The van der Waals surface area contributed by atoms with Gasteiger partial charge in [0.15, 0.2) is 0 Å². The van der Waals surface area contributed by atoms with Crippen molar-refractivity contribution in [1.29, 1.82) is 0 Å². The first-order valence-corrected chi connectivity index (χ1v) is 11.3. The SMILES string of the molecule is CCCCC(=O)N1CCN(C2c3ccc(O)cc3CCc3cc(Br)cnc32)CC1. The summed E-state index contributed by atoms with van der Waals surface area (Å²) >= 11 is 3.56. The van der Waals surface area contributed by atoms with Gasteiger partial charge in [-0.25, -0.2) is 0 Å². The zero-order valence-corrected chi connectivity index (χ0v) is 18.5. The molecule has 5 nitrogen and oxygen atoms in total. The third-order valence-corrected chi connectivity index (χ3v) is 6.52. The number of phenolic OH excluding ortho intramolecular Hbond substituents is 1. The number of aryl methyl sites for hydroxylation is 2. The molecule has 2 aromatic rings. The van der Waals surface area contributed by atoms with Crippen molar-refractivity contribution >= 4 is 21.8 Å². The van der Waals surface area contributed by atoms with Gasteiger partial charge in [-0.3, -0.25) is 14.7 Å². The van der Waals surface area contributed by atoms with Crippen molar-refractivity contribution in [2.24, 2.45) is 0 Å².